The number of piperidine rings is 1. The summed E-state index contributed by atoms with van der Waals surface area (Å²) in [7, 11) is 0. The maximum Gasteiger partial charge on any atom is 0.246 e. The van der Waals surface area contributed by atoms with Gasteiger partial charge in [-0.2, -0.15) is 0 Å². The van der Waals surface area contributed by atoms with Gasteiger partial charge >= 0.3 is 0 Å². The first-order chi connectivity index (χ1) is 13.7. The first-order valence-corrected chi connectivity index (χ1v) is 9.59. The van der Waals surface area contributed by atoms with Gasteiger partial charge in [-0.1, -0.05) is 54.6 Å². The lowest BCUT2D eigenvalue weighted by atomic mass is 9.90. The Kier molecular flexibility index (Phi) is 6.93. The molecule has 0 spiro atoms. The molecule has 0 aromatic heterocycles. The van der Waals surface area contributed by atoms with Crippen molar-refractivity contribution in [3.63, 3.8) is 0 Å². The Bertz CT molecular complexity index is 870. The summed E-state index contributed by atoms with van der Waals surface area (Å²) < 4.78 is 0. The topological polar surface area (TPSA) is 57.6 Å². The first-order valence-electron chi connectivity index (χ1n) is 9.59. The third-order valence-electron chi connectivity index (χ3n) is 4.95. The molecule has 0 aliphatic carbocycles. The van der Waals surface area contributed by atoms with Gasteiger partial charge in [0, 0.05) is 25.1 Å². The molecular formula is C24H25NO3. The second-order valence-corrected chi connectivity index (χ2v) is 7.00. The average Bonchev–Trinajstić information content (AvgIpc) is 2.76. The van der Waals surface area contributed by atoms with Gasteiger partial charge in [0.1, 0.15) is 6.61 Å². The third-order valence-corrected chi connectivity index (χ3v) is 4.95. The summed E-state index contributed by atoms with van der Waals surface area (Å²) in [6.07, 6.45) is 8.56. The predicted octanol–water partition coefficient (Wildman–Crippen LogP) is 3.68. The van der Waals surface area contributed by atoms with Crippen LogP contribution in [0.1, 0.15) is 35.4 Å². The molecule has 2 aromatic carbocycles. The van der Waals surface area contributed by atoms with Crippen LogP contribution >= 0.6 is 0 Å². The van der Waals surface area contributed by atoms with Crippen molar-refractivity contribution in [1.29, 1.82) is 0 Å². The Hall–Kier alpha value is -2.98. The number of hydrogen-bond acceptors (Lipinski definition) is 3. The molecule has 4 nitrogen and oxygen atoms in total. The van der Waals surface area contributed by atoms with Crippen molar-refractivity contribution in [2.75, 3.05) is 19.7 Å². The van der Waals surface area contributed by atoms with Crippen LogP contribution in [0.5, 0.6) is 0 Å². The Morgan fingerprint density at radius 3 is 2.43 bits per heavy atom. The maximum atomic E-state index is 12.6. The number of aliphatic hydroxyl groups excluding tert-OH is 1. The number of carbonyl (C=O) groups is 2. The van der Waals surface area contributed by atoms with E-state index < -0.39 is 6.61 Å². The highest BCUT2D eigenvalue weighted by Gasteiger charge is 2.23. The number of ketones is 1. The molecule has 0 saturated carbocycles. The van der Waals surface area contributed by atoms with Gasteiger partial charge in [0.2, 0.25) is 5.91 Å². The largest absolute Gasteiger partial charge is 0.388 e. The predicted molar refractivity (Wildman–Crippen MR) is 112 cm³/mol. The molecule has 1 saturated heterocycles. The summed E-state index contributed by atoms with van der Waals surface area (Å²) in [4.78, 5) is 25.7. The molecule has 4 heteroatoms. The van der Waals surface area contributed by atoms with Gasteiger partial charge in [-0.25, -0.2) is 0 Å². The number of rotatable bonds is 6. The quantitative estimate of drug-likeness (QED) is 0.784. The summed E-state index contributed by atoms with van der Waals surface area (Å²) in [5, 5.41) is 8.77. The lowest BCUT2D eigenvalue weighted by molar-refractivity contribution is -0.127. The van der Waals surface area contributed by atoms with Crippen molar-refractivity contribution in [1.82, 2.24) is 4.90 Å². The highest BCUT2D eigenvalue weighted by Crippen LogP contribution is 2.26. The van der Waals surface area contributed by atoms with E-state index in [0.29, 0.717) is 5.92 Å². The van der Waals surface area contributed by atoms with Crippen molar-refractivity contribution in [3.05, 3.63) is 83.4 Å². The molecule has 3 rings (SSSR count). The SMILES string of the molecule is O=C(/C=C/c1cccc(/C=C/C(=O)N2CCCC(c3ccccc3)C2)c1)CO. The summed E-state index contributed by atoms with van der Waals surface area (Å²) in [5.41, 5.74) is 3.03. The summed E-state index contributed by atoms with van der Waals surface area (Å²) in [6.45, 7) is 1.04. The summed E-state index contributed by atoms with van der Waals surface area (Å²) in [6, 6.07) is 17.9. The molecule has 1 N–H and O–H groups in total. The Labute approximate surface area is 165 Å². The Balaban J connectivity index is 1.63. The van der Waals surface area contributed by atoms with E-state index in [1.165, 1.54) is 11.6 Å². The van der Waals surface area contributed by atoms with E-state index in [9.17, 15) is 9.59 Å². The molecule has 1 fully saturated rings. The van der Waals surface area contributed by atoms with E-state index in [4.69, 9.17) is 5.11 Å². The van der Waals surface area contributed by atoms with Gasteiger partial charge in [-0.05, 0) is 47.8 Å². The normalized spacial score (nSPS) is 17.3. The molecule has 144 valence electrons. The first kappa shape index (κ1) is 19.8. The number of carbonyl (C=O) groups excluding carboxylic acids is 2. The lowest BCUT2D eigenvalue weighted by Crippen LogP contribution is -2.38. The van der Waals surface area contributed by atoms with Crippen LogP contribution in [0, 0.1) is 0 Å². The third kappa shape index (κ3) is 5.51. The van der Waals surface area contributed by atoms with E-state index >= 15 is 0 Å². The molecule has 1 aliphatic heterocycles. The van der Waals surface area contributed by atoms with Crippen LogP contribution in [0.4, 0.5) is 0 Å². The van der Waals surface area contributed by atoms with Crippen LogP contribution in [-0.4, -0.2) is 41.4 Å². The fraction of sp³-hybridized carbons (Fsp3) is 0.250. The second-order valence-electron chi connectivity index (χ2n) is 7.00. The number of likely N-dealkylation sites (tertiary alicyclic amines) is 1. The van der Waals surface area contributed by atoms with Crippen molar-refractivity contribution in [2.45, 2.75) is 18.8 Å². The number of benzene rings is 2. The van der Waals surface area contributed by atoms with Crippen molar-refractivity contribution in [2.24, 2.45) is 0 Å². The van der Waals surface area contributed by atoms with Crippen LogP contribution in [-0.2, 0) is 9.59 Å². The molecule has 2 aromatic rings. The van der Waals surface area contributed by atoms with Crippen molar-refractivity contribution >= 4 is 23.8 Å². The fourth-order valence-corrected chi connectivity index (χ4v) is 3.46. The monoisotopic (exact) mass is 375 g/mol. The molecule has 1 atom stereocenters. The van der Waals surface area contributed by atoms with Crippen LogP contribution in [0.3, 0.4) is 0 Å². The molecule has 1 aliphatic rings. The number of amides is 1. The maximum absolute atomic E-state index is 12.6. The zero-order valence-corrected chi connectivity index (χ0v) is 15.8. The van der Waals surface area contributed by atoms with Gasteiger partial charge in [0.05, 0.1) is 0 Å². The standard InChI is InChI=1S/C24H25NO3/c26-18-23(27)13-11-19-6-4-7-20(16-19)12-14-24(28)25-15-5-10-22(17-25)21-8-2-1-3-9-21/h1-4,6-9,11-14,16,22,26H,5,10,15,17-18H2/b13-11+,14-12+. The minimum absolute atomic E-state index is 0.0250. The molecule has 28 heavy (non-hydrogen) atoms. The van der Waals surface area contributed by atoms with Crippen LogP contribution in [0.15, 0.2) is 66.7 Å². The lowest BCUT2D eigenvalue weighted by Gasteiger charge is -2.32. The molecule has 0 radical (unpaired) electrons. The smallest absolute Gasteiger partial charge is 0.246 e. The molecule has 1 heterocycles. The Morgan fingerprint density at radius 2 is 1.71 bits per heavy atom. The molecule has 0 bridgehead atoms. The summed E-state index contributed by atoms with van der Waals surface area (Å²) >= 11 is 0. The zero-order valence-electron chi connectivity index (χ0n) is 15.8. The van der Waals surface area contributed by atoms with E-state index in [1.807, 2.05) is 47.4 Å². The van der Waals surface area contributed by atoms with E-state index in [2.05, 4.69) is 12.1 Å². The van der Waals surface area contributed by atoms with E-state index in [1.54, 1.807) is 18.2 Å². The minimum atomic E-state index is -0.496. The number of hydrogen-bond donors (Lipinski definition) is 1. The Morgan fingerprint density at radius 1 is 1.00 bits per heavy atom. The fourth-order valence-electron chi connectivity index (χ4n) is 3.46. The minimum Gasteiger partial charge on any atom is -0.388 e. The van der Waals surface area contributed by atoms with Gasteiger partial charge in [0.25, 0.3) is 0 Å². The van der Waals surface area contributed by atoms with Crippen LogP contribution in [0.25, 0.3) is 12.2 Å². The number of aliphatic hydroxyl groups is 1. The van der Waals surface area contributed by atoms with Gasteiger partial charge in [-0.3, -0.25) is 9.59 Å². The van der Waals surface area contributed by atoms with E-state index in [0.717, 1.165) is 37.1 Å². The average molecular weight is 375 g/mol. The van der Waals surface area contributed by atoms with Crippen LogP contribution in [0.2, 0.25) is 0 Å². The van der Waals surface area contributed by atoms with Gasteiger partial charge in [-0.15, -0.1) is 0 Å². The van der Waals surface area contributed by atoms with Crippen molar-refractivity contribution in [3.8, 4) is 0 Å². The molecule has 1 amide bonds. The highest BCUT2D eigenvalue weighted by molar-refractivity contribution is 5.94. The zero-order chi connectivity index (χ0) is 19.8. The summed E-state index contributed by atoms with van der Waals surface area (Å²) in [5.74, 6) is 0.0797. The van der Waals surface area contributed by atoms with E-state index in [-0.39, 0.29) is 11.7 Å². The highest BCUT2D eigenvalue weighted by atomic mass is 16.3. The van der Waals surface area contributed by atoms with Gasteiger partial charge < -0.3 is 10.0 Å². The van der Waals surface area contributed by atoms with Crippen LogP contribution < -0.4 is 0 Å². The second kappa shape index (κ2) is 9.81. The number of nitrogens with zero attached hydrogens (tertiary/aromatic N) is 1. The van der Waals surface area contributed by atoms with Crippen molar-refractivity contribution < 1.29 is 14.7 Å². The molecular weight excluding hydrogens is 350 g/mol. The van der Waals surface area contributed by atoms with Gasteiger partial charge in [0.15, 0.2) is 5.78 Å². The molecule has 1 unspecified atom stereocenters.